The molecule has 1 heterocycles. The molecule has 1 fully saturated rings. The minimum absolute atomic E-state index is 0. The molecule has 0 spiro atoms. The summed E-state index contributed by atoms with van der Waals surface area (Å²) in [5.74, 6) is -0.367. The predicted octanol–water partition coefficient (Wildman–Crippen LogP) is 0.785. The molecule has 10 heteroatoms. The summed E-state index contributed by atoms with van der Waals surface area (Å²) in [6.45, 7) is 0.519. The van der Waals surface area contributed by atoms with Gasteiger partial charge in [0.05, 0.1) is 0 Å². The third-order valence-corrected chi connectivity index (χ3v) is 2.90. The van der Waals surface area contributed by atoms with Crippen molar-refractivity contribution in [3.8, 4) is 0 Å². The second kappa shape index (κ2) is 13.0. The topological polar surface area (TPSA) is 92.6 Å². The van der Waals surface area contributed by atoms with Gasteiger partial charge in [-0.15, -0.1) is 5.56 Å². The minimum Gasteiger partial charge on any atom is -0.430 e. The molecule has 0 bridgehead atoms. The van der Waals surface area contributed by atoms with Crippen molar-refractivity contribution in [1.29, 1.82) is 0 Å². The maximum atomic E-state index is 12.0. The molecule has 0 aromatic heterocycles. The van der Waals surface area contributed by atoms with E-state index in [0.29, 0.717) is 5.56 Å². The summed E-state index contributed by atoms with van der Waals surface area (Å²) < 4.78 is 0. The summed E-state index contributed by atoms with van der Waals surface area (Å²) in [6, 6.07) is 7.41. The monoisotopic (exact) mass is 541 g/mol. The third-order valence-electron chi connectivity index (χ3n) is 2.90. The molecule has 5 amide bonds. The Bertz CT molecular complexity index is 530. The summed E-state index contributed by atoms with van der Waals surface area (Å²) in [5.41, 5.74) is 0.611. The Hall–Kier alpha value is 0.742. The summed E-state index contributed by atoms with van der Waals surface area (Å²) in [4.78, 5) is 36.2. The van der Waals surface area contributed by atoms with Gasteiger partial charge in [-0.25, -0.2) is 0 Å². The van der Waals surface area contributed by atoms with E-state index in [9.17, 15) is 14.4 Å². The average Bonchev–Trinajstić information content (AvgIpc) is 2.91. The van der Waals surface area contributed by atoms with Crippen molar-refractivity contribution in [2.45, 2.75) is 6.04 Å². The molecule has 3 radical (unpaired) electrons. The van der Waals surface area contributed by atoms with Crippen LogP contribution in [0.5, 0.6) is 0 Å². The van der Waals surface area contributed by atoms with Crippen LogP contribution >= 0.6 is 0 Å². The first-order chi connectivity index (χ1) is 9.63. The van der Waals surface area contributed by atoms with Crippen LogP contribution < -0.4 is 10.6 Å². The van der Waals surface area contributed by atoms with E-state index < -0.39 is 18.1 Å². The number of rotatable bonds is 3. The molecule has 7 nitrogen and oxygen atoms in total. The van der Waals surface area contributed by atoms with E-state index in [1.165, 1.54) is 7.05 Å². The number of nitrogens with one attached hydrogen (secondary N) is 2. The number of carbonyl (C=O) groups is 3. The fraction of sp³-hybridized carbons (Fsp3) is 0.308. The number of urea groups is 2. The molecule has 0 saturated carbocycles. The normalized spacial score (nSPS) is 13.4. The Kier molecular flexibility index (Phi) is 14.7. The first kappa shape index (κ1) is 26.0. The quantitative estimate of drug-likeness (QED) is 0.555. The van der Waals surface area contributed by atoms with Gasteiger partial charge in [0.15, 0.2) is 6.03 Å². The molecule has 1 aromatic carbocycles. The number of carbonyl (C=O) groups excluding carboxylic acids is 3. The van der Waals surface area contributed by atoms with Gasteiger partial charge in [0.1, 0.15) is 6.04 Å². The van der Waals surface area contributed by atoms with Crippen LogP contribution in [0, 0.1) is 6.07 Å². The maximum absolute atomic E-state index is 12.0. The van der Waals surface area contributed by atoms with Crippen molar-refractivity contribution in [1.82, 2.24) is 15.5 Å². The van der Waals surface area contributed by atoms with E-state index in [2.05, 4.69) is 22.0 Å². The van der Waals surface area contributed by atoms with Gasteiger partial charge < -0.3 is 20.9 Å². The second-order valence-electron chi connectivity index (χ2n) is 4.15. The van der Waals surface area contributed by atoms with E-state index >= 15 is 0 Å². The molecule has 1 atom stereocenters. The van der Waals surface area contributed by atoms with Crippen LogP contribution in [0.15, 0.2) is 24.3 Å². The van der Waals surface area contributed by atoms with E-state index in [1.54, 1.807) is 24.3 Å². The number of likely N-dealkylation sites (N-methyl/N-ethyl adjacent to an activating group) is 1. The average molecular weight is 541 g/mol. The van der Waals surface area contributed by atoms with Crippen LogP contribution in [0.25, 0.3) is 5.32 Å². The Morgan fingerprint density at radius 3 is 2.35 bits per heavy atom. The minimum atomic E-state index is -0.865. The fourth-order valence-corrected chi connectivity index (χ4v) is 1.85. The second-order valence-corrected chi connectivity index (χ2v) is 4.15. The van der Waals surface area contributed by atoms with Crippen LogP contribution in [0.2, 0.25) is 0 Å². The number of nitrogens with zero attached hydrogens (tertiary/aromatic N) is 2. The predicted molar refractivity (Wildman–Crippen MR) is 70.9 cm³/mol. The van der Waals surface area contributed by atoms with Crippen LogP contribution in [-0.4, -0.2) is 43.0 Å². The molecule has 1 saturated heterocycles. The Morgan fingerprint density at radius 1 is 1.26 bits per heavy atom. The van der Waals surface area contributed by atoms with Gasteiger partial charge in [-0.2, -0.15) is 30.3 Å². The van der Waals surface area contributed by atoms with Gasteiger partial charge in [-0.3, -0.25) is 14.4 Å². The Labute approximate surface area is 210 Å². The molecule has 23 heavy (non-hydrogen) atoms. The van der Waals surface area contributed by atoms with Gasteiger partial charge in [0.2, 0.25) is 11.9 Å². The zero-order chi connectivity index (χ0) is 14.5. The maximum Gasteiger partial charge on any atom is 0.244 e. The smallest absolute Gasteiger partial charge is 0.244 e. The number of hydrogen-bond donors (Lipinski definition) is 2. The van der Waals surface area contributed by atoms with E-state index in [1.807, 2.05) is 0 Å². The Morgan fingerprint density at radius 2 is 1.87 bits per heavy atom. The standard InChI is InChI=1S/C13H15N4O3.3Y/c1-14-11(18)10(9-5-3-2-4-6-9)16-13(20)17-8-7-15-12(17)19;;;/h3-6,10H,7-8H2,1H3,(H3,14,15,16,18,19,20);;;/q-1;;;/p-1. The van der Waals surface area contributed by atoms with Crippen molar-refractivity contribution in [2.75, 3.05) is 20.1 Å². The van der Waals surface area contributed by atoms with Crippen molar-refractivity contribution in [2.24, 2.45) is 0 Å². The van der Waals surface area contributed by atoms with Crippen molar-refractivity contribution in [3.63, 3.8) is 0 Å². The molecule has 2 rings (SSSR count). The molecule has 0 aliphatic carbocycles. The molecule has 115 valence electrons. The van der Waals surface area contributed by atoms with Crippen LogP contribution in [-0.2, 0) is 103 Å². The first-order valence-corrected chi connectivity index (χ1v) is 6.10. The van der Waals surface area contributed by atoms with Gasteiger partial charge >= 0.3 is 0 Å². The van der Waals surface area contributed by atoms with E-state index in [-0.39, 0.29) is 117 Å². The molecule has 1 aliphatic rings. The zero-order valence-corrected chi connectivity index (χ0v) is 21.2. The van der Waals surface area contributed by atoms with Gasteiger partial charge in [0.25, 0.3) is 0 Å². The van der Waals surface area contributed by atoms with Gasteiger partial charge in [-0.1, -0.05) is 0 Å². The number of amides is 5. The number of benzene rings is 1. The third kappa shape index (κ3) is 7.25. The van der Waals surface area contributed by atoms with Gasteiger partial charge in [0, 0.05) is 105 Å². The van der Waals surface area contributed by atoms with Crippen LogP contribution in [0.1, 0.15) is 11.6 Å². The van der Waals surface area contributed by atoms with Crippen molar-refractivity contribution in [3.05, 3.63) is 41.2 Å². The van der Waals surface area contributed by atoms with Crippen molar-refractivity contribution >= 4 is 18.0 Å². The SMILES string of the molecule is CNC(=O)C(NC(=O)N1CC[N-]C1=O)c1cc[c-]cc1.[Y].[Y].[Y]. The summed E-state index contributed by atoms with van der Waals surface area (Å²) in [7, 11) is 1.48. The van der Waals surface area contributed by atoms with E-state index in [0.717, 1.165) is 4.90 Å². The molecular weight excluding hydrogens is 527 g/mol. The first-order valence-electron chi connectivity index (χ1n) is 6.10. The summed E-state index contributed by atoms with van der Waals surface area (Å²) in [6.07, 6.45) is 0. The summed E-state index contributed by atoms with van der Waals surface area (Å²) >= 11 is 0. The number of hydrogen-bond acceptors (Lipinski definition) is 3. The molecular formula is C13H14N4O3Y3-2. The van der Waals surface area contributed by atoms with Crippen LogP contribution in [0.3, 0.4) is 0 Å². The van der Waals surface area contributed by atoms with Crippen molar-refractivity contribution < 1.29 is 113 Å². The number of imide groups is 1. The van der Waals surface area contributed by atoms with Crippen LogP contribution in [0.4, 0.5) is 9.59 Å². The van der Waals surface area contributed by atoms with Gasteiger partial charge in [-0.05, 0) is 13.1 Å². The largest absolute Gasteiger partial charge is 0.430 e. The summed E-state index contributed by atoms with van der Waals surface area (Å²) in [5, 5.41) is 8.62. The van der Waals surface area contributed by atoms with E-state index in [4.69, 9.17) is 0 Å². The molecule has 1 aliphatic heterocycles. The molecule has 1 aromatic rings. The molecule has 1 unspecified atom stereocenters. The Balaban J connectivity index is 0. The fourth-order valence-electron chi connectivity index (χ4n) is 1.85. The zero-order valence-electron chi connectivity index (χ0n) is 12.7. The molecule has 2 N–H and O–H groups in total.